The van der Waals surface area contributed by atoms with Gasteiger partial charge in [0.25, 0.3) is 0 Å². The highest BCUT2D eigenvalue weighted by atomic mass is 32.2. The quantitative estimate of drug-likeness (QED) is 0.860. The third kappa shape index (κ3) is 2.38. The summed E-state index contributed by atoms with van der Waals surface area (Å²) in [6.45, 7) is 8.85. The molecule has 1 aliphatic heterocycles. The van der Waals surface area contributed by atoms with Crippen molar-refractivity contribution in [3.8, 4) is 0 Å². The molecule has 1 aromatic carbocycles. The molecule has 0 spiro atoms. The van der Waals surface area contributed by atoms with Crippen LogP contribution in [0.1, 0.15) is 48.1 Å². The van der Waals surface area contributed by atoms with Gasteiger partial charge in [-0.25, -0.2) is 0 Å². The molecule has 0 saturated carbocycles. The lowest BCUT2D eigenvalue weighted by molar-refractivity contribution is 0.500. The van der Waals surface area contributed by atoms with Crippen LogP contribution in [-0.4, -0.2) is 10.5 Å². The van der Waals surface area contributed by atoms with Crippen LogP contribution in [0.2, 0.25) is 0 Å². The van der Waals surface area contributed by atoms with E-state index in [-0.39, 0.29) is 10.8 Å². The summed E-state index contributed by atoms with van der Waals surface area (Å²) in [5.74, 6) is 1.26. The van der Waals surface area contributed by atoms with E-state index in [0.29, 0.717) is 0 Å². The molecule has 0 bridgehead atoms. The van der Waals surface area contributed by atoms with Gasteiger partial charge in [-0.05, 0) is 68.5 Å². The van der Waals surface area contributed by atoms with Crippen LogP contribution in [-0.2, 0) is 0 Å². The predicted octanol–water partition coefficient (Wildman–Crippen LogP) is 3.90. The second-order valence-electron chi connectivity index (χ2n) is 5.54. The lowest BCUT2D eigenvalue weighted by Gasteiger charge is -2.32. The molecule has 1 fully saturated rings. The molecule has 1 saturated heterocycles. The average Bonchev–Trinajstić information content (AvgIpc) is 2.71. The molecule has 1 aliphatic rings. The summed E-state index contributed by atoms with van der Waals surface area (Å²) in [6.07, 6.45) is 2.55. The van der Waals surface area contributed by atoms with E-state index in [1.165, 1.54) is 40.8 Å². The van der Waals surface area contributed by atoms with Crippen molar-refractivity contribution in [1.82, 2.24) is 0 Å². The first-order chi connectivity index (χ1) is 7.94. The van der Waals surface area contributed by atoms with Crippen molar-refractivity contribution in [3.63, 3.8) is 0 Å². The third-order valence-electron chi connectivity index (χ3n) is 4.12. The van der Waals surface area contributed by atoms with Gasteiger partial charge >= 0.3 is 0 Å². The van der Waals surface area contributed by atoms with Crippen LogP contribution in [0.25, 0.3) is 0 Å². The fourth-order valence-electron chi connectivity index (χ4n) is 2.69. The first-order valence-electron chi connectivity index (χ1n) is 6.41. The van der Waals surface area contributed by atoms with E-state index in [1.54, 1.807) is 0 Å². The monoisotopic (exact) mass is 249 g/mol. The van der Waals surface area contributed by atoms with Crippen LogP contribution in [0.15, 0.2) is 12.1 Å². The molecule has 1 heterocycles. The van der Waals surface area contributed by atoms with E-state index < -0.39 is 0 Å². The lowest BCUT2D eigenvalue weighted by Crippen LogP contribution is -2.33. The minimum absolute atomic E-state index is 0.161. The van der Waals surface area contributed by atoms with Crippen LogP contribution in [0.4, 0.5) is 0 Å². The summed E-state index contributed by atoms with van der Waals surface area (Å²) in [7, 11) is 0. The van der Waals surface area contributed by atoms with Gasteiger partial charge in [-0.1, -0.05) is 12.1 Å². The van der Waals surface area contributed by atoms with Crippen LogP contribution in [0.5, 0.6) is 0 Å². The van der Waals surface area contributed by atoms with Crippen molar-refractivity contribution in [3.05, 3.63) is 34.4 Å². The van der Waals surface area contributed by atoms with Gasteiger partial charge in [0, 0.05) is 10.8 Å². The molecular formula is C15H23NS. The highest BCUT2D eigenvalue weighted by Crippen LogP contribution is 2.46. The van der Waals surface area contributed by atoms with Gasteiger partial charge in [0.05, 0.1) is 0 Å². The Morgan fingerprint density at radius 1 is 1.18 bits per heavy atom. The average molecular weight is 249 g/mol. The van der Waals surface area contributed by atoms with Gasteiger partial charge in [-0.2, -0.15) is 11.8 Å². The minimum atomic E-state index is 0.161. The molecule has 2 atom stereocenters. The summed E-state index contributed by atoms with van der Waals surface area (Å²) >= 11 is 2.04. The smallest absolute Gasteiger partial charge is 0.0444 e. The summed E-state index contributed by atoms with van der Waals surface area (Å²) in [4.78, 5) is 0. The van der Waals surface area contributed by atoms with Gasteiger partial charge < -0.3 is 5.73 Å². The highest BCUT2D eigenvalue weighted by molar-refractivity contribution is 8.00. The fourth-order valence-corrected chi connectivity index (χ4v) is 4.04. The van der Waals surface area contributed by atoms with Gasteiger partial charge in [0.2, 0.25) is 0 Å². The van der Waals surface area contributed by atoms with Crippen molar-refractivity contribution in [1.29, 1.82) is 0 Å². The van der Waals surface area contributed by atoms with Crippen molar-refractivity contribution in [2.24, 2.45) is 5.73 Å². The van der Waals surface area contributed by atoms with Crippen molar-refractivity contribution < 1.29 is 0 Å². The standard InChI is InChI=1S/C15H23NS/c1-10-8-12(3)13(9-11(10)2)14(16)15(4)6-5-7-17-15/h8-9,14H,5-7,16H2,1-4H3. The van der Waals surface area contributed by atoms with E-state index in [2.05, 4.69) is 39.8 Å². The molecule has 2 unspecified atom stereocenters. The summed E-state index contributed by atoms with van der Waals surface area (Å²) in [6, 6.07) is 4.72. The maximum atomic E-state index is 6.53. The molecule has 0 radical (unpaired) electrons. The zero-order chi connectivity index (χ0) is 12.6. The summed E-state index contributed by atoms with van der Waals surface area (Å²) < 4.78 is 0.229. The maximum Gasteiger partial charge on any atom is 0.0444 e. The van der Waals surface area contributed by atoms with Gasteiger partial charge in [-0.15, -0.1) is 0 Å². The molecule has 0 amide bonds. The third-order valence-corrected chi connectivity index (χ3v) is 5.73. The SMILES string of the molecule is Cc1cc(C)c(C(N)C2(C)CCCS2)cc1C. The molecule has 2 rings (SSSR count). The molecule has 17 heavy (non-hydrogen) atoms. The number of benzene rings is 1. The molecule has 94 valence electrons. The van der Waals surface area contributed by atoms with E-state index >= 15 is 0 Å². The Bertz CT molecular complexity index is 419. The second kappa shape index (κ2) is 4.66. The summed E-state index contributed by atoms with van der Waals surface area (Å²) in [5.41, 5.74) is 11.9. The van der Waals surface area contributed by atoms with Gasteiger partial charge in [0.15, 0.2) is 0 Å². The number of nitrogens with two attached hydrogens (primary N) is 1. The van der Waals surface area contributed by atoms with Crippen LogP contribution in [0.3, 0.4) is 0 Å². The Balaban J connectivity index is 2.36. The Hall–Kier alpha value is -0.470. The van der Waals surface area contributed by atoms with E-state index in [4.69, 9.17) is 5.73 Å². The highest BCUT2D eigenvalue weighted by Gasteiger charge is 2.37. The molecule has 1 nitrogen and oxygen atoms in total. The zero-order valence-electron chi connectivity index (χ0n) is 11.3. The number of hydrogen-bond acceptors (Lipinski definition) is 2. The summed E-state index contributed by atoms with van der Waals surface area (Å²) in [5, 5.41) is 0. The first-order valence-corrected chi connectivity index (χ1v) is 7.40. The Kier molecular flexibility index (Phi) is 3.55. The molecular weight excluding hydrogens is 226 g/mol. The van der Waals surface area contributed by atoms with Crippen molar-refractivity contribution in [2.45, 2.75) is 51.3 Å². The minimum Gasteiger partial charge on any atom is -0.323 e. The Morgan fingerprint density at radius 3 is 2.41 bits per heavy atom. The molecule has 1 aromatic rings. The van der Waals surface area contributed by atoms with Crippen LogP contribution < -0.4 is 5.73 Å². The van der Waals surface area contributed by atoms with Crippen LogP contribution in [0, 0.1) is 20.8 Å². The lowest BCUT2D eigenvalue weighted by atomic mass is 9.87. The second-order valence-corrected chi connectivity index (χ2v) is 7.16. The Morgan fingerprint density at radius 2 is 1.82 bits per heavy atom. The van der Waals surface area contributed by atoms with Gasteiger partial charge in [0.1, 0.15) is 0 Å². The normalized spacial score (nSPS) is 26.2. The zero-order valence-corrected chi connectivity index (χ0v) is 12.2. The fraction of sp³-hybridized carbons (Fsp3) is 0.600. The number of thioether (sulfide) groups is 1. The Labute approximate surface area is 109 Å². The predicted molar refractivity (Wildman–Crippen MR) is 77.7 cm³/mol. The maximum absolute atomic E-state index is 6.53. The van der Waals surface area contributed by atoms with E-state index in [9.17, 15) is 0 Å². The van der Waals surface area contributed by atoms with E-state index in [1.807, 2.05) is 11.8 Å². The molecule has 2 N–H and O–H groups in total. The number of rotatable bonds is 2. The van der Waals surface area contributed by atoms with Crippen molar-refractivity contribution in [2.75, 3.05) is 5.75 Å². The molecule has 0 aromatic heterocycles. The topological polar surface area (TPSA) is 26.0 Å². The number of aryl methyl sites for hydroxylation is 3. The van der Waals surface area contributed by atoms with E-state index in [0.717, 1.165) is 0 Å². The molecule has 2 heteroatoms. The first kappa shape index (κ1) is 13.0. The van der Waals surface area contributed by atoms with Crippen molar-refractivity contribution >= 4 is 11.8 Å². The van der Waals surface area contributed by atoms with Gasteiger partial charge in [-0.3, -0.25) is 0 Å². The largest absolute Gasteiger partial charge is 0.323 e. The molecule has 0 aliphatic carbocycles. The van der Waals surface area contributed by atoms with Crippen LogP contribution >= 0.6 is 11.8 Å². The number of hydrogen-bond donors (Lipinski definition) is 1.